The van der Waals surface area contributed by atoms with Gasteiger partial charge in [0.1, 0.15) is 10.7 Å². The highest BCUT2D eigenvalue weighted by atomic mass is 32.1. The van der Waals surface area contributed by atoms with Crippen molar-refractivity contribution < 1.29 is 0 Å². The van der Waals surface area contributed by atoms with Gasteiger partial charge in [-0.2, -0.15) is 10.2 Å². The second kappa shape index (κ2) is 4.06. The number of aliphatic imine (C=N–C) groups is 2. The van der Waals surface area contributed by atoms with Crippen LogP contribution in [0.2, 0.25) is 0 Å². The minimum atomic E-state index is -0.142. The number of nitrogens with zero attached hydrogens (tertiary/aromatic N) is 4. The van der Waals surface area contributed by atoms with Crippen LogP contribution >= 0.6 is 12.2 Å². The molecule has 0 amide bonds. The number of thiocarbonyl (C=S) groups is 1. The molecule has 0 unspecified atom stereocenters. The Morgan fingerprint density at radius 1 is 1.06 bits per heavy atom. The number of rotatable bonds is 3. The zero-order valence-electron chi connectivity index (χ0n) is 8.66. The normalized spacial score (nSPS) is 14.1. The lowest BCUT2D eigenvalue weighted by Crippen LogP contribution is -2.50. The largest absolute Gasteiger partial charge is 0.332 e. The molecule has 0 spiro atoms. The standard InChI is InChI=1S/C9H7BN6S/c17-8-5-11-9(14-8)10(6-1-3-12-15-6)7-2-4-13-16-7/h1-5H,(H,12,15)(H,13,16). The van der Waals surface area contributed by atoms with Crippen molar-refractivity contribution in [2.24, 2.45) is 9.98 Å². The maximum Gasteiger partial charge on any atom is 0.332 e. The summed E-state index contributed by atoms with van der Waals surface area (Å²) >= 11 is 4.99. The molecule has 3 heterocycles. The highest BCUT2D eigenvalue weighted by Crippen LogP contribution is 1.98. The van der Waals surface area contributed by atoms with Crippen molar-refractivity contribution in [3.8, 4) is 0 Å². The van der Waals surface area contributed by atoms with Gasteiger partial charge in [-0.05, 0) is 12.1 Å². The monoisotopic (exact) mass is 242 g/mol. The van der Waals surface area contributed by atoms with Crippen LogP contribution in [0.1, 0.15) is 0 Å². The lowest BCUT2D eigenvalue weighted by Gasteiger charge is -2.06. The maximum atomic E-state index is 4.99. The summed E-state index contributed by atoms with van der Waals surface area (Å²) in [5.74, 6) is 0. The third kappa shape index (κ3) is 1.82. The second-order valence-electron chi connectivity index (χ2n) is 3.52. The molecule has 0 bridgehead atoms. The van der Waals surface area contributed by atoms with Gasteiger partial charge < -0.3 is 0 Å². The molecule has 6 nitrogen and oxygen atoms in total. The van der Waals surface area contributed by atoms with Gasteiger partial charge in [0.2, 0.25) is 0 Å². The molecule has 2 N–H and O–H groups in total. The Hall–Kier alpha value is -2.09. The third-order valence-electron chi connectivity index (χ3n) is 2.46. The van der Waals surface area contributed by atoms with E-state index in [1.165, 1.54) is 0 Å². The Morgan fingerprint density at radius 2 is 1.71 bits per heavy atom. The van der Waals surface area contributed by atoms with Gasteiger partial charge in [-0.1, -0.05) is 12.2 Å². The van der Waals surface area contributed by atoms with Gasteiger partial charge in [0, 0.05) is 23.6 Å². The van der Waals surface area contributed by atoms with E-state index in [4.69, 9.17) is 12.2 Å². The Morgan fingerprint density at radius 3 is 2.12 bits per heavy atom. The highest BCUT2D eigenvalue weighted by Gasteiger charge is 2.30. The van der Waals surface area contributed by atoms with Gasteiger partial charge in [-0.15, -0.1) is 0 Å². The zero-order chi connectivity index (χ0) is 11.7. The molecule has 0 saturated carbocycles. The molecule has 2 aromatic rings. The van der Waals surface area contributed by atoms with Crippen LogP contribution in [-0.2, 0) is 0 Å². The van der Waals surface area contributed by atoms with Crippen LogP contribution in [0.5, 0.6) is 0 Å². The molecule has 0 radical (unpaired) electrons. The van der Waals surface area contributed by atoms with Gasteiger partial charge in [0.25, 0.3) is 0 Å². The molecule has 1 aliphatic heterocycles. The fourth-order valence-corrected chi connectivity index (χ4v) is 1.88. The molecule has 2 aromatic heterocycles. The molecular formula is C9H7BN6S. The molecule has 3 rings (SSSR count). The minimum Gasteiger partial charge on any atom is -0.291 e. The number of amidine groups is 1. The predicted octanol–water partition coefficient (Wildman–Crippen LogP) is -0.909. The predicted molar refractivity (Wildman–Crippen MR) is 70.7 cm³/mol. The number of hydrogen-bond acceptors (Lipinski definition) is 4. The number of H-pyrrole nitrogens is 2. The van der Waals surface area contributed by atoms with Gasteiger partial charge in [0.15, 0.2) is 0 Å². The van der Waals surface area contributed by atoms with Crippen LogP contribution in [0.4, 0.5) is 0 Å². The van der Waals surface area contributed by atoms with Gasteiger partial charge >= 0.3 is 6.71 Å². The molecule has 82 valence electrons. The van der Waals surface area contributed by atoms with Crippen molar-refractivity contribution in [1.82, 2.24) is 20.4 Å². The molecule has 17 heavy (non-hydrogen) atoms. The first-order valence-corrected chi connectivity index (χ1v) is 5.40. The van der Waals surface area contributed by atoms with E-state index < -0.39 is 0 Å². The topological polar surface area (TPSA) is 82.1 Å². The van der Waals surface area contributed by atoms with Crippen molar-refractivity contribution in [2.75, 3.05) is 0 Å². The van der Waals surface area contributed by atoms with Crippen LogP contribution < -0.4 is 11.2 Å². The lowest BCUT2D eigenvalue weighted by atomic mass is 9.43. The fourth-order valence-electron chi connectivity index (χ4n) is 1.73. The summed E-state index contributed by atoms with van der Waals surface area (Å²) in [6.07, 6.45) is 4.96. The summed E-state index contributed by atoms with van der Waals surface area (Å²) in [5.41, 5.74) is 2.44. The van der Waals surface area contributed by atoms with Crippen molar-refractivity contribution in [3.63, 3.8) is 0 Å². The van der Waals surface area contributed by atoms with Crippen LogP contribution in [0, 0.1) is 0 Å². The van der Waals surface area contributed by atoms with E-state index >= 15 is 0 Å². The number of nitrogens with one attached hydrogen (secondary N) is 2. The van der Waals surface area contributed by atoms with E-state index in [0.29, 0.717) is 10.7 Å². The quantitative estimate of drug-likeness (QED) is 0.540. The number of aromatic amines is 2. The van der Waals surface area contributed by atoms with Crippen molar-refractivity contribution in [2.45, 2.75) is 0 Å². The van der Waals surface area contributed by atoms with Gasteiger partial charge in [-0.25, -0.2) is 9.98 Å². The van der Waals surface area contributed by atoms with E-state index in [-0.39, 0.29) is 6.71 Å². The molecule has 0 fully saturated rings. The summed E-state index contributed by atoms with van der Waals surface area (Å²) < 4.78 is 0. The van der Waals surface area contributed by atoms with Gasteiger partial charge in [0.05, 0.1) is 6.21 Å². The first-order valence-electron chi connectivity index (χ1n) is 5.00. The van der Waals surface area contributed by atoms with Crippen LogP contribution in [0.15, 0.2) is 34.5 Å². The van der Waals surface area contributed by atoms with Crippen molar-refractivity contribution in [1.29, 1.82) is 0 Å². The number of aromatic nitrogens is 4. The van der Waals surface area contributed by atoms with E-state index in [2.05, 4.69) is 30.4 Å². The summed E-state index contributed by atoms with van der Waals surface area (Å²) in [6.45, 7) is -0.142. The third-order valence-corrected chi connectivity index (χ3v) is 2.65. The number of hydrogen-bond donors (Lipinski definition) is 2. The maximum absolute atomic E-state index is 4.99. The fraction of sp³-hybridized carbons (Fsp3) is 0. The van der Waals surface area contributed by atoms with Crippen LogP contribution in [0.3, 0.4) is 0 Å². The molecule has 0 atom stereocenters. The SMILES string of the molecule is S=C1C=NC(B(c2ccn[nH]2)c2ccn[nH]2)=N1. The van der Waals surface area contributed by atoms with Crippen LogP contribution in [0.25, 0.3) is 0 Å². The highest BCUT2D eigenvalue weighted by molar-refractivity contribution is 7.82. The molecule has 8 heteroatoms. The smallest absolute Gasteiger partial charge is 0.291 e. The summed E-state index contributed by atoms with van der Waals surface area (Å²) in [6, 6.07) is 3.76. The first kappa shape index (κ1) is 10.1. The summed E-state index contributed by atoms with van der Waals surface area (Å²) in [5, 5.41) is 13.7. The first-order chi connectivity index (χ1) is 8.34. The van der Waals surface area contributed by atoms with E-state index in [1.807, 2.05) is 12.1 Å². The average molecular weight is 242 g/mol. The molecule has 1 aliphatic rings. The zero-order valence-corrected chi connectivity index (χ0v) is 9.48. The van der Waals surface area contributed by atoms with E-state index in [1.54, 1.807) is 18.6 Å². The van der Waals surface area contributed by atoms with Crippen LogP contribution in [-0.4, -0.2) is 44.0 Å². The average Bonchev–Trinajstić information content (AvgIpc) is 3.02. The molecule has 0 saturated heterocycles. The summed E-state index contributed by atoms with van der Waals surface area (Å²) in [7, 11) is 0. The van der Waals surface area contributed by atoms with E-state index in [0.717, 1.165) is 11.2 Å². The Balaban J connectivity index is 2.07. The lowest BCUT2D eigenvalue weighted by molar-refractivity contribution is 1.10. The Labute approximate surface area is 102 Å². The Kier molecular flexibility index (Phi) is 2.41. The van der Waals surface area contributed by atoms with Crippen molar-refractivity contribution >= 4 is 47.1 Å². The summed E-state index contributed by atoms with van der Waals surface area (Å²) in [4.78, 5) is 8.94. The second-order valence-corrected chi connectivity index (χ2v) is 3.94. The molecule has 0 aliphatic carbocycles. The van der Waals surface area contributed by atoms with Gasteiger partial charge in [-0.3, -0.25) is 10.2 Å². The Bertz CT molecular complexity index is 551. The van der Waals surface area contributed by atoms with Crippen molar-refractivity contribution in [3.05, 3.63) is 24.5 Å². The minimum absolute atomic E-state index is 0.142. The molecular weight excluding hydrogens is 235 g/mol. The molecule has 0 aromatic carbocycles. The van der Waals surface area contributed by atoms with E-state index in [9.17, 15) is 0 Å².